The predicted octanol–water partition coefficient (Wildman–Crippen LogP) is 2.26. The second kappa shape index (κ2) is 9.74. The van der Waals surface area contributed by atoms with E-state index in [9.17, 15) is 9.59 Å². The fourth-order valence-corrected chi connectivity index (χ4v) is 4.00. The van der Waals surface area contributed by atoms with Crippen molar-refractivity contribution in [1.82, 2.24) is 20.1 Å². The lowest BCUT2D eigenvalue weighted by atomic mass is 10.2. The first-order valence-corrected chi connectivity index (χ1v) is 10.6. The topological polar surface area (TPSA) is 86.9 Å². The first-order valence-electron chi connectivity index (χ1n) is 10.6. The second-order valence-corrected chi connectivity index (χ2v) is 7.77. The number of ether oxygens (including phenoxy) is 2. The molecular weight excluding hydrogens is 408 g/mol. The lowest BCUT2D eigenvalue weighted by Gasteiger charge is -2.34. The summed E-state index contributed by atoms with van der Waals surface area (Å²) in [6.45, 7) is 3.78. The zero-order valence-corrected chi connectivity index (χ0v) is 18.4. The van der Waals surface area contributed by atoms with Gasteiger partial charge in [0.1, 0.15) is 17.2 Å². The van der Waals surface area contributed by atoms with Crippen LogP contribution < -0.4 is 14.8 Å². The number of benzene rings is 2. The number of fused-ring (bicyclic) bond motifs is 1. The molecule has 0 saturated carbocycles. The Morgan fingerprint density at radius 3 is 2.34 bits per heavy atom. The molecule has 0 unspecified atom stereocenters. The summed E-state index contributed by atoms with van der Waals surface area (Å²) in [5.41, 5.74) is 2.30. The van der Waals surface area contributed by atoms with Gasteiger partial charge in [0.05, 0.1) is 26.3 Å². The maximum Gasteiger partial charge on any atom is 0.268 e. The van der Waals surface area contributed by atoms with Crippen molar-refractivity contribution in [3.8, 4) is 11.5 Å². The van der Waals surface area contributed by atoms with Crippen molar-refractivity contribution in [3.63, 3.8) is 0 Å². The van der Waals surface area contributed by atoms with E-state index in [0.29, 0.717) is 35.8 Å². The second-order valence-electron chi connectivity index (χ2n) is 7.77. The van der Waals surface area contributed by atoms with E-state index in [2.05, 4.69) is 27.3 Å². The number of carbonyl (C=O) groups is 2. The van der Waals surface area contributed by atoms with Crippen molar-refractivity contribution < 1.29 is 19.1 Å². The van der Waals surface area contributed by atoms with Crippen molar-refractivity contribution in [1.29, 1.82) is 0 Å². The smallest absolute Gasteiger partial charge is 0.268 e. The molecule has 2 heterocycles. The summed E-state index contributed by atoms with van der Waals surface area (Å²) in [4.78, 5) is 32.5. The Balaban J connectivity index is 1.31. The summed E-state index contributed by atoms with van der Waals surface area (Å²) in [6, 6.07) is 15.6. The fourth-order valence-electron chi connectivity index (χ4n) is 4.00. The van der Waals surface area contributed by atoms with E-state index < -0.39 is 0 Å². The standard InChI is InChI=1S/C24H28N4O4/c1-31-20-8-9-21(32-2)23-18(20)14-19(26-23)24(30)25-15-22(29)28-12-10-27(11-13-28)16-17-6-4-3-5-7-17/h3-9,14,26H,10-13,15-16H2,1-2H3,(H,25,30). The number of amides is 2. The maximum absolute atomic E-state index is 12.7. The molecule has 4 rings (SSSR count). The van der Waals surface area contributed by atoms with Gasteiger partial charge in [0.15, 0.2) is 0 Å². The van der Waals surface area contributed by atoms with Crippen LogP contribution in [0, 0.1) is 0 Å². The number of piperazine rings is 1. The molecule has 1 aliphatic rings. The molecule has 8 nitrogen and oxygen atoms in total. The number of aromatic amines is 1. The summed E-state index contributed by atoms with van der Waals surface area (Å²) in [5, 5.41) is 3.47. The number of rotatable bonds is 7. The molecule has 3 aromatic rings. The minimum Gasteiger partial charge on any atom is -0.496 e. The molecule has 1 aromatic heterocycles. The Morgan fingerprint density at radius 1 is 0.969 bits per heavy atom. The minimum absolute atomic E-state index is 0.0405. The highest BCUT2D eigenvalue weighted by Gasteiger charge is 2.22. The first kappa shape index (κ1) is 21.7. The summed E-state index contributed by atoms with van der Waals surface area (Å²) in [6.07, 6.45) is 0. The normalized spacial score (nSPS) is 14.4. The van der Waals surface area contributed by atoms with E-state index in [4.69, 9.17) is 9.47 Å². The molecule has 0 spiro atoms. The number of nitrogens with zero attached hydrogens (tertiary/aromatic N) is 2. The molecule has 0 atom stereocenters. The summed E-state index contributed by atoms with van der Waals surface area (Å²) < 4.78 is 10.7. The van der Waals surface area contributed by atoms with Crippen molar-refractivity contribution in [2.75, 3.05) is 46.9 Å². The highest BCUT2D eigenvalue weighted by molar-refractivity contribution is 6.02. The number of aromatic nitrogens is 1. The van der Waals surface area contributed by atoms with Gasteiger partial charge < -0.3 is 24.7 Å². The van der Waals surface area contributed by atoms with Gasteiger partial charge >= 0.3 is 0 Å². The molecule has 32 heavy (non-hydrogen) atoms. The van der Waals surface area contributed by atoms with E-state index in [0.717, 1.165) is 25.0 Å². The lowest BCUT2D eigenvalue weighted by Crippen LogP contribution is -2.50. The van der Waals surface area contributed by atoms with Crippen LogP contribution in [0.25, 0.3) is 10.9 Å². The summed E-state index contributed by atoms with van der Waals surface area (Å²) >= 11 is 0. The third-order valence-electron chi connectivity index (χ3n) is 5.77. The first-order chi connectivity index (χ1) is 15.6. The molecule has 2 amide bonds. The van der Waals surface area contributed by atoms with E-state index in [1.165, 1.54) is 5.56 Å². The Hall–Kier alpha value is -3.52. The highest BCUT2D eigenvalue weighted by Crippen LogP contribution is 2.33. The highest BCUT2D eigenvalue weighted by atomic mass is 16.5. The Bertz CT molecular complexity index is 1050. The van der Waals surface area contributed by atoms with Gasteiger partial charge in [0.25, 0.3) is 5.91 Å². The van der Waals surface area contributed by atoms with Crippen LogP contribution in [0.5, 0.6) is 11.5 Å². The number of methoxy groups -OCH3 is 2. The molecule has 1 aliphatic heterocycles. The molecule has 0 bridgehead atoms. The minimum atomic E-state index is -0.346. The maximum atomic E-state index is 12.7. The molecule has 2 aromatic carbocycles. The van der Waals surface area contributed by atoms with Crippen LogP contribution in [-0.4, -0.2) is 73.5 Å². The van der Waals surface area contributed by atoms with Gasteiger partial charge in [-0.15, -0.1) is 0 Å². The van der Waals surface area contributed by atoms with Gasteiger partial charge in [-0.2, -0.15) is 0 Å². The van der Waals surface area contributed by atoms with Crippen LogP contribution in [0.15, 0.2) is 48.5 Å². The van der Waals surface area contributed by atoms with Crippen LogP contribution in [0.4, 0.5) is 0 Å². The van der Waals surface area contributed by atoms with Crippen LogP contribution >= 0.6 is 0 Å². The van der Waals surface area contributed by atoms with Crippen LogP contribution in [0.2, 0.25) is 0 Å². The van der Waals surface area contributed by atoms with Crippen molar-refractivity contribution >= 4 is 22.7 Å². The van der Waals surface area contributed by atoms with Gasteiger partial charge in [-0.05, 0) is 23.8 Å². The fraction of sp³-hybridized carbons (Fsp3) is 0.333. The summed E-state index contributed by atoms with van der Waals surface area (Å²) in [5.74, 6) is 0.829. The zero-order chi connectivity index (χ0) is 22.5. The van der Waals surface area contributed by atoms with Gasteiger partial charge in [-0.25, -0.2) is 0 Å². The predicted molar refractivity (Wildman–Crippen MR) is 122 cm³/mol. The van der Waals surface area contributed by atoms with Crippen molar-refractivity contribution in [2.45, 2.75) is 6.54 Å². The van der Waals surface area contributed by atoms with Gasteiger partial charge in [-0.3, -0.25) is 14.5 Å². The van der Waals surface area contributed by atoms with E-state index in [1.807, 2.05) is 18.2 Å². The number of H-pyrrole nitrogens is 1. The van der Waals surface area contributed by atoms with Crippen LogP contribution in [0.3, 0.4) is 0 Å². The van der Waals surface area contributed by atoms with E-state index in [-0.39, 0.29) is 18.4 Å². The largest absolute Gasteiger partial charge is 0.496 e. The van der Waals surface area contributed by atoms with E-state index >= 15 is 0 Å². The third kappa shape index (κ3) is 4.70. The molecule has 168 valence electrons. The monoisotopic (exact) mass is 436 g/mol. The number of nitrogens with one attached hydrogen (secondary N) is 2. The van der Waals surface area contributed by atoms with Gasteiger partial charge in [-0.1, -0.05) is 30.3 Å². The van der Waals surface area contributed by atoms with Crippen molar-refractivity contribution in [3.05, 3.63) is 59.8 Å². The average molecular weight is 437 g/mol. The molecule has 1 fully saturated rings. The molecular formula is C24H28N4O4. The lowest BCUT2D eigenvalue weighted by molar-refractivity contribution is -0.131. The Kier molecular flexibility index (Phi) is 6.61. The number of carbonyl (C=O) groups excluding carboxylic acids is 2. The molecule has 2 N–H and O–H groups in total. The molecule has 0 aliphatic carbocycles. The zero-order valence-electron chi connectivity index (χ0n) is 18.4. The number of hydrogen-bond acceptors (Lipinski definition) is 5. The van der Waals surface area contributed by atoms with Crippen LogP contribution in [0.1, 0.15) is 16.1 Å². The van der Waals surface area contributed by atoms with Crippen LogP contribution in [-0.2, 0) is 11.3 Å². The quantitative estimate of drug-likeness (QED) is 0.593. The third-order valence-corrected chi connectivity index (χ3v) is 5.77. The molecule has 8 heteroatoms. The Morgan fingerprint density at radius 2 is 1.66 bits per heavy atom. The molecule has 0 radical (unpaired) electrons. The molecule has 1 saturated heterocycles. The van der Waals surface area contributed by atoms with Gasteiger partial charge in [0.2, 0.25) is 5.91 Å². The SMILES string of the molecule is COc1ccc(OC)c2[nH]c(C(=O)NCC(=O)N3CCN(Cc4ccccc4)CC3)cc12. The average Bonchev–Trinajstić information content (AvgIpc) is 3.28. The van der Waals surface area contributed by atoms with Crippen molar-refractivity contribution in [2.24, 2.45) is 0 Å². The Labute approximate surface area is 187 Å². The number of hydrogen-bond donors (Lipinski definition) is 2. The summed E-state index contributed by atoms with van der Waals surface area (Å²) in [7, 11) is 3.15. The van der Waals surface area contributed by atoms with E-state index in [1.54, 1.807) is 37.3 Å². The van der Waals surface area contributed by atoms with Gasteiger partial charge in [0, 0.05) is 38.1 Å².